The highest BCUT2D eigenvalue weighted by atomic mass is 32.2. The standard InChI is InChI=1S/C25H31N3O6S/c1-16-22(24(30)34-12-11-31-2)23(17-7-8-19(32-3)20(13-17)33-4)28-18(15-35-25(28)26-16)14-21(29)27-9-5-6-10-27/h7-8,13,15,23H,5-6,9-12,14H2,1-4H3. The number of thioether (sulfide) groups is 1. The lowest BCUT2D eigenvalue weighted by Crippen LogP contribution is -2.38. The number of carbonyl (C=O) groups excluding carboxylic acids is 2. The van der Waals surface area contributed by atoms with E-state index < -0.39 is 12.0 Å². The third-order valence-electron chi connectivity index (χ3n) is 6.26. The first-order chi connectivity index (χ1) is 17.0. The van der Waals surface area contributed by atoms with Crippen LogP contribution in [0.15, 0.2) is 45.6 Å². The molecule has 0 aliphatic carbocycles. The second kappa shape index (κ2) is 11.2. The van der Waals surface area contributed by atoms with Crippen molar-refractivity contribution in [2.75, 3.05) is 47.6 Å². The number of benzene rings is 1. The lowest BCUT2D eigenvalue weighted by atomic mass is 9.93. The van der Waals surface area contributed by atoms with Crippen LogP contribution in [0, 0.1) is 0 Å². The summed E-state index contributed by atoms with van der Waals surface area (Å²) < 4.78 is 21.5. The Hall–Kier alpha value is -2.98. The molecule has 1 saturated heterocycles. The first-order valence-corrected chi connectivity index (χ1v) is 12.5. The molecule has 1 fully saturated rings. The Labute approximate surface area is 209 Å². The van der Waals surface area contributed by atoms with Gasteiger partial charge in [-0.2, -0.15) is 0 Å². The number of hydrogen-bond donors (Lipinski definition) is 0. The Morgan fingerprint density at radius 3 is 2.51 bits per heavy atom. The highest BCUT2D eigenvalue weighted by Crippen LogP contribution is 2.46. The third-order valence-corrected chi connectivity index (χ3v) is 7.14. The summed E-state index contributed by atoms with van der Waals surface area (Å²) >= 11 is 1.45. The van der Waals surface area contributed by atoms with Gasteiger partial charge >= 0.3 is 5.97 Å². The van der Waals surface area contributed by atoms with Crippen molar-refractivity contribution in [3.05, 3.63) is 46.1 Å². The van der Waals surface area contributed by atoms with Crippen LogP contribution in [0.5, 0.6) is 11.5 Å². The van der Waals surface area contributed by atoms with Crippen molar-refractivity contribution >= 4 is 28.8 Å². The number of hydrogen-bond acceptors (Lipinski definition) is 9. The average Bonchev–Trinajstić information content (AvgIpc) is 3.53. The zero-order valence-electron chi connectivity index (χ0n) is 20.5. The number of likely N-dealkylation sites (tertiary alicyclic amines) is 1. The molecule has 0 spiro atoms. The molecule has 3 heterocycles. The fourth-order valence-corrected chi connectivity index (χ4v) is 5.46. The monoisotopic (exact) mass is 501 g/mol. The summed E-state index contributed by atoms with van der Waals surface area (Å²) in [5.74, 6) is 0.743. The maximum Gasteiger partial charge on any atom is 0.338 e. The Balaban J connectivity index is 1.72. The fourth-order valence-electron chi connectivity index (χ4n) is 4.50. The number of esters is 1. The zero-order chi connectivity index (χ0) is 24.9. The minimum Gasteiger partial charge on any atom is -0.493 e. The van der Waals surface area contributed by atoms with Gasteiger partial charge in [-0.25, -0.2) is 9.79 Å². The second-order valence-electron chi connectivity index (χ2n) is 8.40. The molecule has 188 valence electrons. The lowest BCUT2D eigenvalue weighted by molar-refractivity contribution is -0.141. The van der Waals surface area contributed by atoms with E-state index in [1.165, 1.54) is 11.8 Å². The highest BCUT2D eigenvalue weighted by molar-refractivity contribution is 8.16. The molecule has 1 aromatic rings. The van der Waals surface area contributed by atoms with Gasteiger partial charge in [-0.15, -0.1) is 0 Å². The summed E-state index contributed by atoms with van der Waals surface area (Å²) in [6, 6.07) is 5.02. The van der Waals surface area contributed by atoms with Crippen molar-refractivity contribution in [1.82, 2.24) is 9.80 Å². The molecular weight excluding hydrogens is 470 g/mol. The summed E-state index contributed by atoms with van der Waals surface area (Å²) in [5.41, 5.74) is 2.60. The summed E-state index contributed by atoms with van der Waals surface area (Å²) in [7, 11) is 4.70. The molecule has 0 aromatic heterocycles. The molecule has 0 N–H and O–H groups in total. The van der Waals surface area contributed by atoms with Crippen molar-refractivity contribution in [2.24, 2.45) is 4.99 Å². The van der Waals surface area contributed by atoms with Crippen LogP contribution in [0.25, 0.3) is 0 Å². The normalized spacial score (nSPS) is 19.4. The van der Waals surface area contributed by atoms with Gasteiger partial charge in [-0.05, 0) is 42.9 Å². The van der Waals surface area contributed by atoms with Crippen molar-refractivity contribution in [2.45, 2.75) is 32.2 Å². The topological polar surface area (TPSA) is 89.9 Å². The summed E-state index contributed by atoms with van der Waals surface area (Å²) in [4.78, 5) is 34.9. The maximum absolute atomic E-state index is 13.3. The van der Waals surface area contributed by atoms with Crippen molar-refractivity contribution < 1.29 is 28.5 Å². The quantitative estimate of drug-likeness (QED) is 0.375. The zero-order valence-corrected chi connectivity index (χ0v) is 21.4. The molecule has 9 nitrogen and oxygen atoms in total. The van der Waals surface area contributed by atoms with Crippen molar-refractivity contribution in [1.29, 1.82) is 0 Å². The molecule has 3 aliphatic rings. The number of methoxy groups -OCH3 is 3. The number of amidine groups is 1. The first-order valence-electron chi connectivity index (χ1n) is 11.6. The van der Waals surface area contributed by atoms with E-state index in [1.807, 2.05) is 33.4 Å². The molecule has 4 rings (SSSR count). The molecule has 1 unspecified atom stereocenters. The van der Waals surface area contributed by atoms with Crippen LogP contribution < -0.4 is 9.47 Å². The molecule has 0 radical (unpaired) electrons. The molecule has 0 bridgehead atoms. The maximum atomic E-state index is 13.3. The molecule has 3 aliphatic heterocycles. The number of allylic oxidation sites excluding steroid dienone is 1. The Bertz CT molecular complexity index is 1080. The number of nitrogens with zero attached hydrogens (tertiary/aromatic N) is 3. The molecule has 1 amide bonds. The van der Waals surface area contributed by atoms with E-state index in [0.717, 1.165) is 42.4 Å². The number of amides is 1. The van der Waals surface area contributed by atoms with E-state index in [-0.39, 0.29) is 18.9 Å². The summed E-state index contributed by atoms with van der Waals surface area (Å²) in [6.07, 6.45) is 2.30. The number of ether oxygens (including phenoxy) is 4. The molecule has 1 atom stereocenters. The van der Waals surface area contributed by atoms with Crippen molar-refractivity contribution in [3.8, 4) is 11.5 Å². The van der Waals surface area contributed by atoms with Gasteiger partial charge in [0.2, 0.25) is 5.91 Å². The molecule has 1 aromatic carbocycles. The van der Waals surface area contributed by atoms with Crippen LogP contribution in [0.4, 0.5) is 0 Å². The highest BCUT2D eigenvalue weighted by Gasteiger charge is 2.41. The number of rotatable bonds is 9. The Morgan fingerprint density at radius 1 is 1.09 bits per heavy atom. The van der Waals surface area contributed by atoms with E-state index in [2.05, 4.69) is 0 Å². The first kappa shape index (κ1) is 25.1. The van der Waals surface area contributed by atoms with Crippen LogP contribution in [0.3, 0.4) is 0 Å². The van der Waals surface area contributed by atoms with Gasteiger partial charge in [0.25, 0.3) is 0 Å². The van der Waals surface area contributed by atoms with Crippen LogP contribution in [-0.4, -0.2) is 74.5 Å². The largest absolute Gasteiger partial charge is 0.493 e. The van der Waals surface area contributed by atoms with Gasteiger partial charge in [0, 0.05) is 25.9 Å². The second-order valence-corrected chi connectivity index (χ2v) is 9.24. The average molecular weight is 502 g/mol. The number of aliphatic imine (C=N–C) groups is 1. The number of carbonyl (C=O) groups is 2. The summed E-state index contributed by atoms with van der Waals surface area (Å²) in [5, 5.41) is 2.67. The van der Waals surface area contributed by atoms with E-state index >= 15 is 0 Å². The van der Waals surface area contributed by atoms with Crippen LogP contribution in [0.2, 0.25) is 0 Å². The predicted octanol–water partition coefficient (Wildman–Crippen LogP) is 3.48. The molecule has 0 saturated carbocycles. The third kappa shape index (κ3) is 5.18. The predicted molar refractivity (Wildman–Crippen MR) is 133 cm³/mol. The smallest absolute Gasteiger partial charge is 0.338 e. The molecule has 10 heteroatoms. The molecule has 35 heavy (non-hydrogen) atoms. The SMILES string of the molecule is COCCOC(=O)C1=C(C)N=C2SC=C(CC(=O)N3CCCC3)N2C1c1ccc(OC)c(OC)c1. The minimum atomic E-state index is -0.537. The minimum absolute atomic E-state index is 0.0807. The van der Waals surface area contributed by atoms with Crippen LogP contribution in [-0.2, 0) is 19.1 Å². The van der Waals surface area contributed by atoms with E-state index in [4.69, 9.17) is 23.9 Å². The molecular formula is C25H31N3O6S. The Kier molecular flexibility index (Phi) is 8.02. The fraction of sp³-hybridized carbons (Fsp3) is 0.480. The van der Waals surface area contributed by atoms with Crippen LogP contribution >= 0.6 is 11.8 Å². The number of fused-ring (bicyclic) bond motifs is 1. The van der Waals surface area contributed by atoms with Gasteiger partial charge in [-0.3, -0.25) is 4.79 Å². The van der Waals surface area contributed by atoms with Gasteiger partial charge in [0.1, 0.15) is 6.61 Å². The summed E-state index contributed by atoms with van der Waals surface area (Å²) in [6.45, 7) is 3.80. The van der Waals surface area contributed by atoms with Crippen LogP contribution in [0.1, 0.15) is 37.8 Å². The van der Waals surface area contributed by atoms with E-state index in [9.17, 15) is 9.59 Å². The van der Waals surface area contributed by atoms with E-state index in [1.54, 1.807) is 28.3 Å². The van der Waals surface area contributed by atoms with Gasteiger partial charge < -0.3 is 28.7 Å². The Morgan fingerprint density at radius 2 is 1.83 bits per heavy atom. The van der Waals surface area contributed by atoms with Gasteiger partial charge in [0.05, 0.1) is 44.6 Å². The van der Waals surface area contributed by atoms with Gasteiger partial charge in [-0.1, -0.05) is 17.8 Å². The van der Waals surface area contributed by atoms with Crippen molar-refractivity contribution in [3.63, 3.8) is 0 Å². The lowest BCUT2D eigenvalue weighted by Gasteiger charge is -2.36. The van der Waals surface area contributed by atoms with E-state index in [0.29, 0.717) is 29.4 Å². The van der Waals surface area contributed by atoms with Gasteiger partial charge in [0.15, 0.2) is 16.7 Å².